The molecular weight excluding hydrogens is 338 g/mol. The van der Waals surface area contributed by atoms with Gasteiger partial charge in [-0.15, -0.1) is 0 Å². The van der Waals surface area contributed by atoms with E-state index in [1.54, 1.807) is 38.1 Å². The number of carbonyl (C=O) groups is 4. The van der Waals surface area contributed by atoms with Gasteiger partial charge in [0.2, 0.25) is 11.8 Å². The van der Waals surface area contributed by atoms with Crippen molar-refractivity contribution < 1.29 is 23.9 Å². The summed E-state index contributed by atoms with van der Waals surface area (Å²) in [6.07, 6.45) is 0.0955. The smallest absolute Gasteiger partial charge is 0.328 e. The number of ether oxygens (including phenoxy) is 1. The molecule has 1 heterocycles. The summed E-state index contributed by atoms with van der Waals surface area (Å²) in [5.41, 5.74) is 0.811. The van der Waals surface area contributed by atoms with Crippen LogP contribution in [0, 0.1) is 5.92 Å². The lowest BCUT2D eigenvalue weighted by Crippen LogP contribution is -2.46. The highest BCUT2D eigenvalue weighted by Crippen LogP contribution is 2.19. The van der Waals surface area contributed by atoms with Crippen LogP contribution in [0.2, 0.25) is 0 Å². The van der Waals surface area contributed by atoms with Crippen LogP contribution in [0.25, 0.3) is 0 Å². The van der Waals surface area contributed by atoms with Crippen LogP contribution in [-0.4, -0.2) is 42.9 Å². The Bertz CT molecular complexity index is 717. The topological polar surface area (TPSA) is 114 Å². The Morgan fingerprint density at radius 2 is 1.92 bits per heavy atom. The highest BCUT2D eigenvalue weighted by molar-refractivity contribution is 6.09. The molecule has 0 aromatic heterocycles. The van der Waals surface area contributed by atoms with Gasteiger partial charge in [-0.2, -0.15) is 0 Å². The van der Waals surface area contributed by atoms with Gasteiger partial charge in [0.05, 0.1) is 18.4 Å². The third-order valence-corrected chi connectivity index (χ3v) is 4.15. The fourth-order valence-corrected chi connectivity index (χ4v) is 2.66. The number of benzene rings is 1. The van der Waals surface area contributed by atoms with Crippen molar-refractivity contribution in [2.45, 2.75) is 38.8 Å². The minimum Gasteiger partial charge on any atom is -0.467 e. The molecule has 0 unspecified atom stereocenters. The standard InChI is InChI=1S/C18H23N3O5/c1-10(2)15(18(25)26-3)21-14(22)9-8-13-17(24)19-12-7-5-4-6-11(12)16(23)20-13/h4-7,10,13,15H,8-9H2,1-3H3,(H,19,24)(H,20,23)(H,21,22)/t13-,15+/m1/s1. The van der Waals surface area contributed by atoms with Crippen molar-refractivity contribution in [3.8, 4) is 0 Å². The molecule has 0 spiro atoms. The van der Waals surface area contributed by atoms with Crippen molar-refractivity contribution in [2.75, 3.05) is 12.4 Å². The summed E-state index contributed by atoms with van der Waals surface area (Å²) in [5.74, 6) is -1.81. The van der Waals surface area contributed by atoms with E-state index < -0.39 is 24.0 Å². The Labute approximate surface area is 151 Å². The molecule has 0 saturated heterocycles. The fourth-order valence-electron chi connectivity index (χ4n) is 2.66. The van der Waals surface area contributed by atoms with Crippen molar-refractivity contribution in [3.05, 3.63) is 29.8 Å². The average molecular weight is 361 g/mol. The van der Waals surface area contributed by atoms with E-state index in [4.69, 9.17) is 0 Å². The zero-order valence-corrected chi connectivity index (χ0v) is 15.0. The van der Waals surface area contributed by atoms with Gasteiger partial charge in [-0.3, -0.25) is 14.4 Å². The van der Waals surface area contributed by atoms with Crippen molar-refractivity contribution in [1.82, 2.24) is 10.6 Å². The molecule has 0 saturated carbocycles. The lowest BCUT2D eigenvalue weighted by atomic mass is 10.0. The summed E-state index contributed by atoms with van der Waals surface area (Å²) < 4.78 is 4.68. The highest BCUT2D eigenvalue weighted by atomic mass is 16.5. The molecule has 3 amide bonds. The van der Waals surface area contributed by atoms with E-state index in [9.17, 15) is 19.2 Å². The molecule has 1 aliphatic rings. The van der Waals surface area contributed by atoms with Crippen molar-refractivity contribution >= 4 is 29.4 Å². The zero-order valence-electron chi connectivity index (χ0n) is 15.0. The Morgan fingerprint density at radius 3 is 2.58 bits per heavy atom. The third kappa shape index (κ3) is 4.59. The van der Waals surface area contributed by atoms with E-state index in [0.717, 1.165) is 0 Å². The molecule has 0 aliphatic carbocycles. The number of methoxy groups -OCH3 is 1. The molecule has 3 N–H and O–H groups in total. The van der Waals surface area contributed by atoms with Crippen molar-refractivity contribution in [2.24, 2.45) is 5.92 Å². The number of amides is 3. The normalized spacial score (nSPS) is 17.5. The molecule has 140 valence electrons. The van der Waals surface area contributed by atoms with Gasteiger partial charge in [-0.25, -0.2) is 4.79 Å². The molecule has 1 aromatic rings. The Morgan fingerprint density at radius 1 is 1.23 bits per heavy atom. The average Bonchev–Trinajstić information content (AvgIpc) is 2.73. The Balaban J connectivity index is 1.97. The summed E-state index contributed by atoms with van der Waals surface area (Å²) in [6, 6.07) is 5.09. The van der Waals surface area contributed by atoms with Crippen LogP contribution < -0.4 is 16.0 Å². The molecule has 2 rings (SSSR count). The molecule has 2 atom stereocenters. The van der Waals surface area contributed by atoms with Crippen LogP contribution in [0.15, 0.2) is 24.3 Å². The number of esters is 1. The predicted molar refractivity (Wildman–Crippen MR) is 94.3 cm³/mol. The lowest BCUT2D eigenvalue weighted by molar-refractivity contribution is -0.146. The van der Waals surface area contributed by atoms with Crippen LogP contribution in [0.4, 0.5) is 5.69 Å². The number of hydrogen-bond donors (Lipinski definition) is 3. The van der Waals surface area contributed by atoms with Gasteiger partial charge in [0.25, 0.3) is 5.91 Å². The fraction of sp³-hybridized carbons (Fsp3) is 0.444. The first-order valence-corrected chi connectivity index (χ1v) is 8.41. The lowest BCUT2D eigenvalue weighted by Gasteiger charge is -2.20. The third-order valence-electron chi connectivity index (χ3n) is 4.15. The van der Waals surface area contributed by atoms with E-state index in [1.807, 2.05) is 0 Å². The number of hydrogen-bond acceptors (Lipinski definition) is 5. The molecular formula is C18H23N3O5. The summed E-state index contributed by atoms with van der Waals surface area (Å²) in [4.78, 5) is 48.4. The first kappa shape index (κ1) is 19.4. The molecule has 0 radical (unpaired) electrons. The van der Waals surface area contributed by atoms with E-state index in [-0.39, 0.29) is 30.6 Å². The molecule has 26 heavy (non-hydrogen) atoms. The second kappa shape index (κ2) is 8.46. The molecule has 0 bridgehead atoms. The summed E-state index contributed by atoms with van der Waals surface area (Å²) >= 11 is 0. The number of carbonyl (C=O) groups excluding carboxylic acids is 4. The highest BCUT2D eigenvalue weighted by Gasteiger charge is 2.29. The van der Waals surface area contributed by atoms with E-state index in [1.165, 1.54) is 7.11 Å². The minimum absolute atomic E-state index is 0.0189. The second-order valence-electron chi connectivity index (χ2n) is 6.41. The molecule has 0 fully saturated rings. The van der Waals surface area contributed by atoms with Crippen LogP contribution in [0.5, 0.6) is 0 Å². The molecule has 8 nitrogen and oxygen atoms in total. The number of rotatable bonds is 6. The van der Waals surface area contributed by atoms with Gasteiger partial charge in [0, 0.05) is 6.42 Å². The first-order valence-electron chi connectivity index (χ1n) is 8.41. The number of para-hydroxylation sites is 1. The van der Waals surface area contributed by atoms with Crippen molar-refractivity contribution in [1.29, 1.82) is 0 Å². The molecule has 1 aliphatic heterocycles. The molecule has 8 heteroatoms. The van der Waals surface area contributed by atoms with Crippen LogP contribution in [0.1, 0.15) is 37.0 Å². The summed E-state index contributed by atoms with van der Waals surface area (Å²) in [5, 5.41) is 7.92. The predicted octanol–water partition coefficient (Wildman–Crippen LogP) is 0.831. The quantitative estimate of drug-likeness (QED) is 0.650. The van der Waals surface area contributed by atoms with Crippen LogP contribution >= 0.6 is 0 Å². The monoisotopic (exact) mass is 361 g/mol. The van der Waals surface area contributed by atoms with Gasteiger partial charge < -0.3 is 20.7 Å². The van der Waals surface area contributed by atoms with E-state index in [0.29, 0.717) is 11.3 Å². The second-order valence-corrected chi connectivity index (χ2v) is 6.41. The maximum Gasteiger partial charge on any atom is 0.328 e. The Kier molecular flexibility index (Phi) is 6.32. The van der Waals surface area contributed by atoms with Gasteiger partial charge >= 0.3 is 5.97 Å². The van der Waals surface area contributed by atoms with Gasteiger partial charge in [-0.05, 0) is 24.5 Å². The number of nitrogens with one attached hydrogen (secondary N) is 3. The van der Waals surface area contributed by atoms with Crippen LogP contribution in [-0.2, 0) is 19.1 Å². The van der Waals surface area contributed by atoms with Crippen molar-refractivity contribution in [3.63, 3.8) is 0 Å². The zero-order chi connectivity index (χ0) is 19.3. The maximum absolute atomic E-state index is 12.3. The van der Waals surface area contributed by atoms with Gasteiger partial charge in [0.1, 0.15) is 12.1 Å². The van der Waals surface area contributed by atoms with Gasteiger partial charge in [-0.1, -0.05) is 26.0 Å². The van der Waals surface area contributed by atoms with Gasteiger partial charge in [0.15, 0.2) is 0 Å². The van der Waals surface area contributed by atoms with Crippen LogP contribution in [0.3, 0.4) is 0 Å². The summed E-state index contributed by atoms with van der Waals surface area (Å²) in [7, 11) is 1.26. The SMILES string of the molecule is COC(=O)[C@@H](NC(=O)CC[C@H]1NC(=O)c2ccccc2NC1=O)C(C)C. The number of fused-ring (bicyclic) bond motifs is 1. The first-order chi connectivity index (χ1) is 12.3. The van der Waals surface area contributed by atoms with E-state index >= 15 is 0 Å². The summed E-state index contributed by atoms with van der Waals surface area (Å²) in [6.45, 7) is 3.58. The van der Waals surface area contributed by atoms with E-state index in [2.05, 4.69) is 20.7 Å². The maximum atomic E-state index is 12.3. The largest absolute Gasteiger partial charge is 0.467 e. The number of anilines is 1. The minimum atomic E-state index is -0.837. The Hall–Kier alpha value is -2.90. The molecule has 1 aromatic carbocycles.